The summed E-state index contributed by atoms with van der Waals surface area (Å²) in [4.78, 5) is 29.8. The number of rotatable bonds is 12. The Morgan fingerprint density at radius 1 is 0.446 bits per heavy atom. The summed E-state index contributed by atoms with van der Waals surface area (Å²) >= 11 is 0.389. The summed E-state index contributed by atoms with van der Waals surface area (Å²) < 4.78 is 0. The minimum atomic E-state index is 0.194. The standard InChI is InChI=1S/C53H58N6.4ClH.2Fe/c1-32(2)44-19-23-46(24-20-44)54-38(9)48-15-13-17-50(58-48)40(11)56-52-34(5)27-42(28-35(52)6)31-43-29-36(7)53(37(8)30-43)57-41(12)51-18-14-16-49(59-51)39(10)55-47-25-21-45(22-26-47)33(3)4;;;;;;/h13-30,32-33H,31H2,1-12H3;4*1H;;/q;;;;;2*+2/p-4. The van der Waals surface area contributed by atoms with Crippen LogP contribution in [0.2, 0.25) is 0 Å². The van der Waals surface area contributed by atoms with Gasteiger partial charge in [-0.1, -0.05) is 88.4 Å². The van der Waals surface area contributed by atoms with Gasteiger partial charge in [-0.25, -0.2) is 9.97 Å². The van der Waals surface area contributed by atoms with Gasteiger partial charge in [-0.05, 0) is 167 Å². The van der Waals surface area contributed by atoms with Crippen molar-refractivity contribution in [3.63, 3.8) is 0 Å². The Kier molecular flexibility index (Phi) is 21.8. The first kappa shape index (κ1) is 53.7. The Labute approximate surface area is 416 Å². The number of aromatic nitrogens is 2. The predicted octanol–water partition coefficient (Wildman–Crippen LogP) is 16.9. The zero-order chi connectivity index (χ0) is 47.8. The van der Waals surface area contributed by atoms with Crippen LogP contribution < -0.4 is 0 Å². The van der Waals surface area contributed by atoms with Crippen molar-refractivity contribution >= 4 is 86.0 Å². The fourth-order valence-corrected chi connectivity index (χ4v) is 7.38. The first-order valence-electron chi connectivity index (χ1n) is 21.3. The normalized spacial score (nSPS) is 12.3. The summed E-state index contributed by atoms with van der Waals surface area (Å²) in [5.41, 5.74) is 20.4. The van der Waals surface area contributed by atoms with Crippen LogP contribution in [0, 0.1) is 27.7 Å². The van der Waals surface area contributed by atoms with Crippen LogP contribution in [0.4, 0.5) is 22.7 Å². The van der Waals surface area contributed by atoms with Gasteiger partial charge in [0.2, 0.25) is 0 Å². The molecule has 0 unspecified atom stereocenters. The molecule has 65 heavy (non-hydrogen) atoms. The second-order valence-corrected chi connectivity index (χ2v) is 20.2. The third-order valence-electron chi connectivity index (χ3n) is 10.8. The first-order valence-corrected chi connectivity index (χ1v) is 27.3. The van der Waals surface area contributed by atoms with Gasteiger partial charge in [-0.2, -0.15) is 0 Å². The molecule has 0 spiro atoms. The van der Waals surface area contributed by atoms with Crippen molar-refractivity contribution in [1.29, 1.82) is 0 Å². The van der Waals surface area contributed by atoms with Gasteiger partial charge in [0.1, 0.15) is 0 Å². The van der Waals surface area contributed by atoms with E-state index in [0.717, 1.165) is 97.0 Å². The van der Waals surface area contributed by atoms with Crippen LogP contribution in [0.5, 0.6) is 0 Å². The molecular formula is C53H58Cl4Fe2N6. The van der Waals surface area contributed by atoms with E-state index in [1.54, 1.807) is 0 Å². The molecule has 6 aromatic rings. The second kappa shape index (κ2) is 26.4. The van der Waals surface area contributed by atoms with E-state index in [9.17, 15) is 0 Å². The van der Waals surface area contributed by atoms with Crippen molar-refractivity contribution in [1.82, 2.24) is 9.97 Å². The Morgan fingerprint density at radius 2 is 0.708 bits per heavy atom. The van der Waals surface area contributed by atoms with Gasteiger partial charge in [-0.15, -0.1) is 0 Å². The van der Waals surface area contributed by atoms with Gasteiger partial charge >= 0.3 is 66.7 Å². The number of hydrogen-bond acceptors (Lipinski definition) is 6. The molecule has 344 valence electrons. The molecule has 0 saturated carbocycles. The topological polar surface area (TPSA) is 75.2 Å². The van der Waals surface area contributed by atoms with Gasteiger partial charge < -0.3 is 0 Å². The molecule has 0 radical (unpaired) electrons. The number of benzene rings is 4. The van der Waals surface area contributed by atoms with E-state index in [2.05, 4.69) is 128 Å². The number of aryl methyl sites for hydroxylation is 4. The van der Waals surface area contributed by atoms with Crippen LogP contribution in [0.25, 0.3) is 0 Å². The summed E-state index contributed by atoms with van der Waals surface area (Å²) in [5, 5.41) is 0. The Morgan fingerprint density at radius 3 is 0.969 bits per heavy atom. The maximum absolute atomic E-state index is 5.11. The Bertz CT molecular complexity index is 2430. The zero-order valence-electron chi connectivity index (χ0n) is 39.2. The van der Waals surface area contributed by atoms with Gasteiger partial charge in [0.15, 0.2) is 0 Å². The SMILES string of the molecule is CC(=Nc1ccc(C(C)C)cc1)c1cccc(C(C)=Nc2c(C)cc(Cc3cc(C)c(N=C(C)c4cccc(C(C)=Nc5ccc(C(C)C)cc5)n4)c(C)c3)cc2C)n1.[Cl][Fe][Cl].[Cl][Fe][Cl]. The average molecular weight is 1030 g/mol. The molecule has 0 aliphatic rings. The van der Waals surface area contributed by atoms with Crippen LogP contribution in [0.1, 0.15) is 135 Å². The minimum absolute atomic E-state index is 0.194. The van der Waals surface area contributed by atoms with Crippen molar-refractivity contribution in [2.24, 2.45) is 20.0 Å². The van der Waals surface area contributed by atoms with E-state index < -0.39 is 0 Å². The van der Waals surface area contributed by atoms with Crippen molar-refractivity contribution < 1.29 is 26.3 Å². The summed E-state index contributed by atoms with van der Waals surface area (Å²) in [6.45, 7) is 25.5. The van der Waals surface area contributed by atoms with Crippen LogP contribution in [0.15, 0.2) is 129 Å². The number of hydrogen-bond donors (Lipinski definition) is 0. The van der Waals surface area contributed by atoms with Gasteiger partial charge in [-0.3, -0.25) is 20.0 Å². The monoisotopic (exact) mass is 1030 g/mol. The molecule has 0 saturated heterocycles. The van der Waals surface area contributed by atoms with Crippen molar-refractivity contribution in [2.75, 3.05) is 0 Å². The molecule has 6 rings (SSSR count). The molecule has 0 N–H and O–H groups in total. The zero-order valence-corrected chi connectivity index (χ0v) is 44.4. The molecular weight excluding hydrogens is 974 g/mol. The fourth-order valence-electron chi connectivity index (χ4n) is 7.38. The number of halogens is 4. The molecule has 12 heteroatoms. The van der Waals surface area contributed by atoms with Crippen LogP contribution >= 0.6 is 40.4 Å². The summed E-state index contributed by atoms with van der Waals surface area (Å²) in [5.74, 6) is 0.981. The molecule has 0 bridgehead atoms. The van der Waals surface area contributed by atoms with Gasteiger partial charge in [0.05, 0.1) is 68.4 Å². The average Bonchev–Trinajstić information content (AvgIpc) is 3.27. The molecule has 2 aromatic heterocycles. The number of nitrogens with zero attached hydrogens (tertiary/aromatic N) is 6. The van der Waals surface area contributed by atoms with Crippen LogP contribution in [-0.4, -0.2) is 32.8 Å². The first-order chi connectivity index (χ1) is 31.0. The predicted molar refractivity (Wildman–Crippen MR) is 275 cm³/mol. The second-order valence-electron chi connectivity index (χ2n) is 16.5. The van der Waals surface area contributed by atoms with Crippen molar-refractivity contribution in [3.05, 3.63) is 176 Å². The van der Waals surface area contributed by atoms with E-state index in [4.69, 9.17) is 70.3 Å². The number of aliphatic imine (C=N–C) groups is 4. The molecule has 0 aliphatic heterocycles. The third-order valence-corrected chi connectivity index (χ3v) is 10.8. The fraction of sp³-hybridized carbons (Fsp3) is 0.283. The van der Waals surface area contributed by atoms with Crippen molar-refractivity contribution in [2.45, 2.75) is 101 Å². The van der Waals surface area contributed by atoms with Gasteiger partial charge in [0.25, 0.3) is 0 Å². The Balaban J connectivity index is 0.00000146. The van der Waals surface area contributed by atoms with Crippen molar-refractivity contribution in [3.8, 4) is 0 Å². The Hall–Kier alpha value is -3.94. The quantitative estimate of drug-likeness (QED) is 0.0905. The number of pyridine rings is 2. The van der Waals surface area contributed by atoms with Crippen LogP contribution in [-0.2, 0) is 32.7 Å². The summed E-state index contributed by atoms with van der Waals surface area (Å²) in [7, 11) is 19.1. The molecule has 0 aliphatic carbocycles. The third kappa shape index (κ3) is 16.1. The summed E-state index contributed by atoms with van der Waals surface area (Å²) in [6.07, 6.45) is 0.820. The van der Waals surface area contributed by atoms with E-state index in [1.165, 1.54) is 22.3 Å². The van der Waals surface area contributed by atoms with Crippen LogP contribution in [0.3, 0.4) is 0 Å². The molecule has 0 atom stereocenters. The van der Waals surface area contributed by atoms with E-state index in [0.29, 0.717) is 11.8 Å². The summed E-state index contributed by atoms with van der Waals surface area (Å²) in [6, 6.07) is 38.0. The maximum atomic E-state index is 5.11. The molecule has 0 fully saturated rings. The van der Waals surface area contributed by atoms with E-state index in [1.807, 2.05) is 64.1 Å². The van der Waals surface area contributed by atoms with E-state index in [-0.39, 0.29) is 26.3 Å². The molecule has 0 amide bonds. The molecule has 2 heterocycles. The van der Waals surface area contributed by atoms with Gasteiger partial charge in [0, 0.05) is 0 Å². The molecule has 4 aromatic carbocycles. The molecule has 6 nitrogen and oxygen atoms in total. The van der Waals surface area contributed by atoms with E-state index >= 15 is 0 Å².